The average Bonchev–Trinajstić information content (AvgIpc) is 3.24. The first-order valence-electron chi connectivity index (χ1n) is 11.0. The lowest BCUT2D eigenvalue weighted by molar-refractivity contribution is -0.142. The summed E-state index contributed by atoms with van der Waals surface area (Å²) in [7, 11) is 0. The molecule has 1 aromatic rings. The van der Waals surface area contributed by atoms with E-state index in [-0.39, 0.29) is 36.1 Å². The van der Waals surface area contributed by atoms with Crippen LogP contribution in [0.2, 0.25) is 0 Å². The second-order valence-corrected chi connectivity index (χ2v) is 8.38. The van der Waals surface area contributed by atoms with E-state index < -0.39 is 24.4 Å². The quantitative estimate of drug-likeness (QED) is 0.284. The van der Waals surface area contributed by atoms with Crippen LogP contribution in [0.5, 0.6) is 0 Å². The third-order valence-electron chi connectivity index (χ3n) is 6.03. The lowest BCUT2D eigenvalue weighted by Gasteiger charge is -2.39. The van der Waals surface area contributed by atoms with Gasteiger partial charge in [-0.3, -0.25) is 19.8 Å². The molecule has 0 radical (unpaired) electrons. The number of carbonyl (C=O) groups excluding carboxylic acids is 3. The summed E-state index contributed by atoms with van der Waals surface area (Å²) in [6, 6.07) is 7.39. The monoisotopic (exact) mass is 480 g/mol. The van der Waals surface area contributed by atoms with Crippen molar-refractivity contribution >= 4 is 36.1 Å². The van der Waals surface area contributed by atoms with Gasteiger partial charge in [0, 0.05) is 26.4 Å². The summed E-state index contributed by atoms with van der Waals surface area (Å²) in [6.07, 6.45) is 1.67. The predicted octanol–water partition coefficient (Wildman–Crippen LogP) is -0.0609. The smallest absolute Gasteiger partial charge is 0.246 e. The Hall–Kier alpha value is -2.85. The Balaban J connectivity index is 0.00000385. The molecule has 2 heterocycles. The van der Waals surface area contributed by atoms with Gasteiger partial charge in [-0.25, -0.2) is 0 Å². The molecule has 0 saturated carbocycles. The van der Waals surface area contributed by atoms with Crippen LogP contribution in [0.3, 0.4) is 0 Å². The number of nitrogens with one attached hydrogen (secondary N) is 3. The molecule has 1 unspecified atom stereocenters. The molecule has 2 aliphatic heterocycles. The molecule has 6 N–H and O–H groups in total. The third kappa shape index (κ3) is 6.58. The van der Waals surface area contributed by atoms with Crippen molar-refractivity contribution in [3.63, 3.8) is 0 Å². The zero-order valence-electron chi connectivity index (χ0n) is 18.7. The van der Waals surface area contributed by atoms with Crippen LogP contribution in [0, 0.1) is 5.41 Å². The number of guanidine groups is 1. The summed E-state index contributed by atoms with van der Waals surface area (Å²) in [6.45, 7) is 2.24. The number of halogens is 1. The molecule has 0 bridgehead atoms. The van der Waals surface area contributed by atoms with E-state index in [2.05, 4.69) is 10.6 Å². The van der Waals surface area contributed by atoms with E-state index >= 15 is 0 Å². The number of likely N-dealkylation sites (tertiary alicyclic amines) is 2. The van der Waals surface area contributed by atoms with Crippen LogP contribution >= 0.6 is 12.4 Å². The van der Waals surface area contributed by atoms with Crippen molar-refractivity contribution in [1.82, 2.24) is 20.4 Å². The maximum absolute atomic E-state index is 13.3. The number of hydrogen-bond acceptors (Lipinski definition) is 5. The fourth-order valence-corrected chi connectivity index (χ4v) is 4.47. The minimum Gasteiger partial charge on any atom is -0.371 e. The zero-order valence-corrected chi connectivity index (χ0v) is 19.5. The first kappa shape index (κ1) is 26.4. The van der Waals surface area contributed by atoms with Crippen molar-refractivity contribution in [1.29, 1.82) is 5.41 Å². The van der Waals surface area contributed by atoms with Crippen molar-refractivity contribution in [2.45, 2.75) is 63.4 Å². The van der Waals surface area contributed by atoms with Gasteiger partial charge in [0.15, 0.2) is 5.96 Å². The summed E-state index contributed by atoms with van der Waals surface area (Å²) >= 11 is 0. The normalized spacial score (nSPS) is 23.3. The predicted molar refractivity (Wildman–Crippen MR) is 126 cm³/mol. The molecule has 0 aromatic heterocycles. The van der Waals surface area contributed by atoms with Crippen LogP contribution in [0.15, 0.2) is 30.3 Å². The summed E-state index contributed by atoms with van der Waals surface area (Å²) in [4.78, 5) is 41.0. The number of piperidine rings is 1. The molecule has 2 fully saturated rings. The van der Waals surface area contributed by atoms with Gasteiger partial charge < -0.3 is 31.3 Å². The fraction of sp³-hybridized carbons (Fsp3) is 0.545. The molecule has 2 saturated heterocycles. The molecule has 4 atom stereocenters. The highest BCUT2D eigenvalue weighted by molar-refractivity contribution is 5.92. The van der Waals surface area contributed by atoms with Gasteiger partial charge in [0.05, 0.1) is 6.04 Å². The average molecular weight is 481 g/mol. The van der Waals surface area contributed by atoms with Gasteiger partial charge in [-0.05, 0) is 31.2 Å². The van der Waals surface area contributed by atoms with Crippen LogP contribution in [0.4, 0.5) is 0 Å². The molecule has 182 valence electrons. The Morgan fingerprint density at radius 3 is 2.42 bits per heavy atom. The molecule has 10 nitrogen and oxygen atoms in total. The fourth-order valence-electron chi connectivity index (χ4n) is 4.47. The van der Waals surface area contributed by atoms with E-state index in [1.807, 2.05) is 30.3 Å². The molecular formula is C22H33ClN6O4. The third-order valence-corrected chi connectivity index (χ3v) is 6.03. The number of nitrogens with zero attached hydrogens (tertiary/aromatic N) is 2. The topological polar surface area (TPSA) is 152 Å². The van der Waals surface area contributed by atoms with E-state index in [1.54, 1.807) is 0 Å². The van der Waals surface area contributed by atoms with E-state index in [0.717, 1.165) is 5.56 Å². The highest BCUT2D eigenvalue weighted by Crippen LogP contribution is 2.22. The van der Waals surface area contributed by atoms with Gasteiger partial charge in [-0.15, -0.1) is 12.4 Å². The van der Waals surface area contributed by atoms with Gasteiger partial charge in [0.25, 0.3) is 0 Å². The SMILES string of the molecule is CC(=O)N[C@H](Cc1ccccc1)C(=O)N1CCC[C@H]1C(=O)N[C@H]1CCCN(C(=N)N)C1O.Cl. The Bertz CT molecular complexity index is 855. The van der Waals surface area contributed by atoms with Crippen molar-refractivity contribution in [3.8, 4) is 0 Å². The van der Waals surface area contributed by atoms with Crippen molar-refractivity contribution in [2.24, 2.45) is 5.73 Å². The first-order valence-corrected chi connectivity index (χ1v) is 11.0. The molecule has 3 rings (SSSR count). The summed E-state index contributed by atoms with van der Waals surface area (Å²) in [5.74, 6) is -1.19. The number of benzene rings is 1. The Kier molecular flexibility index (Phi) is 9.48. The van der Waals surface area contributed by atoms with Crippen molar-refractivity contribution in [3.05, 3.63) is 35.9 Å². The molecule has 1 aromatic carbocycles. The second kappa shape index (κ2) is 11.9. The van der Waals surface area contributed by atoms with Crippen molar-refractivity contribution in [2.75, 3.05) is 13.1 Å². The highest BCUT2D eigenvalue weighted by Gasteiger charge is 2.40. The summed E-state index contributed by atoms with van der Waals surface area (Å²) in [5, 5.41) is 23.6. The van der Waals surface area contributed by atoms with Crippen LogP contribution in [0.25, 0.3) is 0 Å². The minimum atomic E-state index is -1.08. The lowest BCUT2D eigenvalue weighted by Crippen LogP contribution is -2.61. The molecule has 11 heteroatoms. The van der Waals surface area contributed by atoms with Gasteiger partial charge in [0.2, 0.25) is 17.7 Å². The standard InChI is InChI=1S/C22H32N6O4.ClH/c1-14(29)25-17(13-15-7-3-2-4-8-15)21(32)27-11-6-10-18(27)19(30)26-16-9-5-12-28(20(16)31)22(23)24;/h2-4,7-8,16-18,20,31H,5-6,9-13H2,1H3,(H3,23,24)(H,25,29)(H,26,30);1H/t16-,17+,18-,20?;/m0./s1. The van der Waals surface area contributed by atoms with E-state index in [4.69, 9.17) is 11.1 Å². The van der Waals surface area contributed by atoms with E-state index in [1.165, 1.54) is 16.7 Å². The number of aliphatic hydroxyl groups excluding tert-OH is 1. The van der Waals surface area contributed by atoms with Crippen LogP contribution in [-0.2, 0) is 20.8 Å². The maximum atomic E-state index is 13.3. The molecule has 33 heavy (non-hydrogen) atoms. The summed E-state index contributed by atoms with van der Waals surface area (Å²) < 4.78 is 0. The Morgan fingerprint density at radius 2 is 1.79 bits per heavy atom. The number of amides is 3. The maximum Gasteiger partial charge on any atom is 0.246 e. The van der Waals surface area contributed by atoms with Crippen molar-refractivity contribution < 1.29 is 19.5 Å². The lowest BCUT2D eigenvalue weighted by atomic mass is 10.0. The molecule has 0 spiro atoms. The van der Waals surface area contributed by atoms with Gasteiger partial charge in [-0.1, -0.05) is 30.3 Å². The number of nitrogens with two attached hydrogens (primary N) is 1. The highest BCUT2D eigenvalue weighted by atomic mass is 35.5. The van der Waals surface area contributed by atoms with Crippen LogP contribution in [-0.4, -0.2) is 76.0 Å². The molecule has 0 aliphatic carbocycles. The van der Waals surface area contributed by atoms with Crippen LogP contribution < -0.4 is 16.4 Å². The molecular weight excluding hydrogens is 448 g/mol. The van der Waals surface area contributed by atoms with E-state index in [0.29, 0.717) is 45.2 Å². The first-order chi connectivity index (χ1) is 15.3. The van der Waals surface area contributed by atoms with Crippen LogP contribution in [0.1, 0.15) is 38.2 Å². The second-order valence-electron chi connectivity index (χ2n) is 8.38. The number of rotatable bonds is 6. The summed E-state index contributed by atoms with van der Waals surface area (Å²) in [5.41, 5.74) is 6.43. The van der Waals surface area contributed by atoms with Gasteiger partial charge in [0.1, 0.15) is 18.3 Å². The number of aliphatic hydroxyl groups is 1. The Labute approximate surface area is 199 Å². The minimum absolute atomic E-state index is 0. The zero-order chi connectivity index (χ0) is 23.3. The molecule has 3 amide bonds. The number of carbonyl (C=O) groups is 3. The van der Waals surface area contributed by atoms with Gasteiger partial charge in [-0.2, -0.15) is 0 Å². The largest absolute Gasteiger partial charge is 0.371 e. The van der Waals surface area contributed by atoms with Gasteiger partial charge >= 0.3 is 0 Å². The number of hydrogen-bond donors (Lipinski definition) is 5. The van der Waals surface area contributed by atoms with E-state index in [9.17, 15) is 19.5 Å². The molecule has 2 aliphatic rings. The Morgan fingerprint density at radius 1 is 1.15 bits per heavy atom.